The molecule has 0 bridgehead atoms. The van der Waals surface area contributed by atoms with Crippen molar-refractivity contribution in [1.82, 2.24) is 14.6 Å². The topological polar surface area (TPSA) is 117 Å². The highest BCUT2D eigenvalue weighted by atomic mass is 32.1. The zero-order chi connectivity index (χ0) is 21.7. The molecule has 31 heavy (non-hydrogen) atoms. The highest BCUT2D eigenvalue weighted by Gasteiger charge is 2.34. The first-order valence-electron chi connectivity index (χ1n) is 9.18. The fourth-order valence-electron chi connectivity index (χ4n) is 3.61. The molecule has 1 amide bonds. The monoisotopic (exact) mass is 433 g/mol. The lowest BCUT2D eigenvalue weighted by Gasteiger charge is -2.17. The van der Waals surface area contributed by atoms with Crippen LogP contribution in [0.25, 0.3) is 21.9 Å². The molecule has 154 valence electrons. The molecule has 0 saturated carbocycles. The Morgan fingerprint density at radius 3 is 2.52 bits per heavy atom. The van der Waals surface area contributed by atoms with Crippen molar-refractivity contribution in [2.24, 2.45) is 0 Å². The van der Waals surface area contributed by atoms with Crippen LogP contribution in [-0.4, -0.2) is 40.1 Å². The SMILES string of the molecule is COc1ccccc1-c1nc2s/c(=C3\C(=O)N(CC(=O)[O-])c4ccccc43)c(=O)n2n1. The highest BCUT2D eigenvalue weighted by Crippen LogP contribution is 2.35. The van der Waals surface area contributed by atoms with Gasteiger partial charge in [-0.25, -0.2) is 0 Å². The van der Waals surface area contributed by atoms with Gasteiger partial charge in [0.25, 0.3) is 11.5 Å². The van der Waals surface area contributed by atoms with Crippen molar-refractivity contribution in [3.63, 3.8) is 0 Å². The molecule has 5 rings (SSSR count). The van der Waals surface area contributed by atoms with Gasteiger partial charge >= 0.3 is 0 Å². The predicted octanol–water partition coefficient (Wildman–Crippen LogP) is -0.159. The predicted molar refractivity (Wildman–Crippen MR) is 111 cm³/mol. The summed E-state index contributed by atoms with van der Waals surface area (Å²) in [5.41, 5.74) is 1.18. The minimum Gasteiger partial charge on any atom is -0.548 e. The maximum absolute atomic E-state index is 13.1. The molecule has 1 aliphatic heterocycles. The standard InChI is InChI=1S/C21H14N4O5S/c1-30-14-9-5-3-7-12(14)18-22-21-25(23-18)20(29)17(31-21)16-11-6-2-4-8-13(11)24(19(16)28)10-15(26)27/h2-9H,10H2,1H3,(H,26,27)/p-1/b17-16-. The third-order valence-corrected chi connectivity index (χ3v) is 5.97. The average Bonchev–Trinajstić information content (AvgIpc) is 3.39. The number of carboxylic acid groups (broad SMARTS) is 1. The first kappa shape index (κ1) is 18.9. The first-order valence-corrected chi connectivity index (χ1v) is 9.99. The van der Waals surface area contributed by atoms with Crippen molar-refractivity contribution in [3.8, 4) is 17.1 Å². The van der Waals surface area contributed by atoms with Crippen molar-refractivity contribution in [2.45, 2.75) is 0 Å². The Hall–Kier alpha value is -4.05. The van der Waals surface area contributed by atoms with E-state index in [-0.39, 0.29) is 10.1 Å². The maximum Gasteiger partial charge on any atom is 0.291 e. The molecule has 10 heteroatoms. The van der Waals surface area contributed by atoms with E-state index in [0.29, 0.717) is 33.3 Å². The summed E-state index contributed by atoms with van der Waals surface area (Å²) in [6, 6.07) is 13.9. The van der Waals surface area contributed by atoms with E-state index in [1.54, 1.807) is 36.4 Å². The summed E-state index contributed by atoms with van der Waals surface area (Å²) in [5.74, 6) is -1.07. The second-order valence-electron chi connectivity index (χ2n) is 6.72. The summed E-state index contributed by atoms with van der Waals surface area (Å²) in [6.45, 7) is -0.605. The zero-order valence-electron chi connectivity index (χ0n) is 16.1. The first-order chi connectivity index (χ1) is 15.0. The quantitative estimate of drug-likeness (QED) is 0.439. The molecule has 0 N–H and O–H groups in total. The van der Waals surface area contributed by atoms with E-state index in [9.17, 15) is 19.5 Å². The third kappa shape index (κ3) is 2.88. The molecule has 2 aromatic carbocycles. The fraction of sp³-hybridized carbons (Fsp3) is 0.0952. The maximum atomic E-state index is 13.1. The molecule has 2 aromatic heterocycles. The number of anilines is 1. The van der Waals surface area contributed by atoms with Crippen LogP contribution >= 0.6 is 11.3 Å². The van der Waals surface area contributed by atoms with Crippen LogP contribution in [0.4, 0.5) is 5.69 Å². The molecule has 9 nitrogen and oxygen atoms in total. The molecule has 0 saturated heterocycles. The number of aromatic nitrogens is 3. The zero-order valence-corrected chi connectivity index (χ0v) is 16.9. The number of para-hydroxylation sites is 2. The lowest BCUT2D eigenvalue weighted by atomic mass is 10.1. The van der Waals surface area contributed by atoms with E-state index in [1.807, 2.05) is 12.1 Å². The highest BCUT2D eigenvalue weighted by molar-refractivity contribution is 7.15. The Kier molecular flexibility index (Phi) is 4.29. The molecule has 0 atom stereocenters. The lowest BCUT2D eigenvalue weighted by Crippen LogP contribution is -2.40. The Morgan fingerprint density at radius 1 is 1.10 bits per heavy atom. The van der Waals surface area contributed by atoms with Gasteiger partial charge in [0.1, 0.15) is 10.3 Å². The number of amides is 1. The summed E-state index contributed by atoms with van der Waals surface area (Å²) < 4.78 is 6.63. The van der Waals surface area contributed by atoms with Gasteiger partial charge in [-0.15, -0.1) is 5.10 Å². The van der Waals surface area contributed by atoms with Crippen molar-refractivity contribution >= 4 is 39.4 Å². The number of hydrogen-bond donors (Lipinski definition) is 0. The molecule has 3 heterocycles. The molecule has 1 aliphatic rings. The van der Waals surface area contributed by atoms with Gasteiger partial charge in [-0.1, -0.05) is 41.7 Å². The number of rotatable bonds is 4. The van der Waals surface area contributed by atoms with Crippen LogP contribution in [0.3, 0.4) is 0 Å². The van der Waals surface area contributed by atoms with Crippen LogP contribution in [0, 0.1) is 0 Å². The van der Waals surface area contributed by atoms with Gasteiger partial charge in [0.2, 0.25) is 4.96 Å². The Morgan fingerprint density at radius 2 is 1.81 bits per heavy atom. The smallest absolute Gasteiger partial charge is 0.291 e. The second kappa shape index (κ2) is 7.03. The van der Waals surface area contributed by atoms with Crippen LogP contribution in [0.5, 0.6) is 5.75 Å². The van der Waals surface area contributed by atoms with Crippen molar-refractivity contribution < 1.29 is 19.4 Å². The largest absolute Gasteiger partial charge is 0.548 e. The summed E-state index contributed by atoms with van der Waals surface area (Å²) in [5, 5.41) is 15.4. The van der Waals surface area contributed by atoms with E-state index in [0.717, 1.165) is 20.8 Å². The van der Waals surface area contributed by atoms with Gasteiger partial charge in [-0.2, -0.15) is 9.50 Å². The normalized spacial score (nSPS) is 14.9. The number of ether oxygens (including phenoxy) is 1. The van der Waals surface area contributed by atoms with Crippen molar-refractivity contribution in [3.05, 3.63) is 69.0 Å². The molecule has 0 fully saturated rings. The van der Waals surface area contributed by atoms with Crippen LogP contribution in [0.2, 0.25) is 0 Å². The number of carboxylic acids is 1. The van der Waals surface area contributed by atoms with E-state index in [2.05, 4.69) is 10.1 Å². The Balaban J connectivity index is 1.72. The Bertz CT molecular complexity index is 1490. The number of thiazole rings is 1. The number of aliphatic carboxylic acids is 1. The number of benzene rings is 2. The van der Waals surface area contributed by atoms with Crippen LogP contribution in [0.1, 0.15) is 5.56 Å². The van der Waals surface area contributed by atoms with Crippen molar-refractivity contribution in [1.29, 1.82) is 0 Å². The molecule has 0 aliphatic carbocycles. The van der Waals surface area contributed by atoms with E-state index in [1.165, 1.54) is 7.11 Å². The van der Waals surface area contributed by atoms with Gasteiger partial charge in [-0.05, 0) is 18.2 Å². The lowest BCUT2D eigenvalue weighted by molar-refractivity contribution is -0.303. The molecule has 4 aromatic rings. The van der Waals surface area contributed by atoms with Gasteiger partial charge in [0, 0.05) is 5.56 Å². The molecule has 0 unspecified atom stereocenters. The van der Waals surface area contributed by atoms with Gasteiger partial charge in [-0.3, -0.25) is 9.59 Å². The van der Waals surface area contributed by atoms with E-state index in [4.69, 9.17) is 4.74 Å². The summed E-state index contributed by atoms with van der Waals surface area (Å²) >= 11 is 1.03. The average molecular weight is 433 g/mol. The molecular formula is C21H13N4O5S-. The number of carbonyl (C=O) groups is 2. The van der Waals surface area contributed by atoms with Gasteiger partial charge < -0.3 is 19.5 Å². The Labute approximate surface area is 178 Å². The minimum atomic E-state index is -1.39. The molecule has 0 spiro atoms. The van der Waals surface area contributed by atoms with Crippen LogP contribution < -0.4 is 24.8 Å². The number of fused-ring (bicyclic) bond motifs is 2. The third-order valence-electron chi connectivity index (χ3n) is 4.94. The van der Waals surface area contributed by atoms with Crippen molar-refractivity contribution in [2.75, 3.05) is 18.6 Å². The minimum absolute atomic E-state index is 0.137. The number of nitrogens with zero attached hydrogens (tertiary/aromatic N) is 4. The summed E-state index contributed by atoms with van der Waals surface area (Å²) in [7, 11) is 1.53. The van der Waals surface area contributed by atoms with E-state index < -0.39 is 24.0 Å². The molecular weight excluding hydrogens is 420 g/mol. The molecule has 0 radical (unpaired) electrons. The number of methoxy groups -OCH3 is 1. The second-order valence-corrected chi connectivity index (χ2v) is 7.70. The van der Waals surface area contributed by atoms with E-state index >= 15 is 0 Å². The fourth-order valence-corrected chi connectivity index (χ4v) is 4.61. The van der Waals surface area contributed by atoms with Crippen LogP contribution in [-0.2, 0) is 9.59 Å². The summed E-state index contributed by atoms with van der Waals surface area (Å²) in [6.07, 6.45) is 0. The van der Waals surface area contributed by atoms with Gasteiger partial charge in [0.05, 0.1) is 36.4 Å². The van der Waals surface area contributed by atoms with Gasteiger partial charge in [0.15, 0.2) is 5.82 Å². The number of hydrogen-bond acceptors (Lipinski definition) is 8. The van der Waals surface area contributed by atoms with Crippen LogP contribution in [0.15, 0.2) is 53.3 Å². The number of carbonyl (C=O) groups excluding carboxylic acids is 2. The summed E-state index contributed by atoms with van der Waals surface area (Å²) in [4.78, 5) is 43.1.